The van der Waals surface area contributed by atoms with Gasteiger partial charge in [-0.15, -0.1) is 0 Å². The van der Waals surface area contributed by atoms with E-state index in [1.165, 1.54) is 121 Å². The summed E-state index contributed by atoms with van der Waals surface area (Å²) in [5, 5.41) is 7.61. The molecule has 0 saturated heterocycles. The summed E-state index contributed by atoms with van der Waals surface area (Å²) in [4.78, 5) is 0. The highest BCUT2D eigenvalue weighted by molar-refractivity contribution is 6.28. The Hall–Kier alpha value is -7.02. The summed E-state index contributed by atoms with van der Waals surface area (Å²) in [5.74, 6) is 0. The summed E-state index contributed by atoms with van der Waals surface area (Å²) in [6.07, 6.45) is 0. The predicted molar refractivity (Wildman–Crippen MR) is 256 cm³/mol. The van der Waals surface area contributed by atoms with E-state index in [9.17, 15) is 0 Å². The normalized spacial score (nSPS) is 14.3. The molecule has 0 saturated carbocycles. The molecule has 0 heterocycles. The summed E-state index contributed by atoms with van der Waals surface area (Å²) in [5.41, 5.74) is 21.0. The lowest BCUT2D eigenvalue weighted by Crippen LogP contribution is -2.17. The molecule has 10 aromatic rings. The second-order valence-electron chi connectivity index (χ2n) is 18.0. The fourth-order valence-corrected chi connectivity index (χ4v) is 11.1. The Morgan fingerprint density at radius 2 is 0.800 bits per heavy atom. The van der Waals surface area contributed by atoms with Crippen LogP contribution in [0.4, 0.5) is 0 Å². The standard InChI is InChI=1S/C60H44/c1-59(2)52-28-15-14-24-44(52)50-35-55-51(36-54(50)59)45-31-30-40(34-53(45)60(55,3)4)39-20-16-21-41(33-39)56-47-26-12-13-27-48(47)58(57-43-23-9-8-19-38(43)29-32-49(56)57)46-25-11-10-22-42(46)37-17-6-5-7-18-37/h5-36H,1-4H3. The van der Waals surface area contributed by atoms with Crippen LogP contribution in [0.5, 0.6) is 0 Å². The quantitative estimate of drug-likeness (QED) is 0.124. The van der Waals surface area contributed by atoms with Crippen molar-refractivity contribution in [3.63, 3.8) is 0 Å². The van der Waals surface area contributed by atoms with Gasteiger partial charge in [-0.1, -0.05) is 198 Å². The Bertz CT molecular complexity index is 3410. The van der Waals surface area contributed by atoms with Gasteiger partial charge in [0, 0.05) is 10.8 Å². The van der Waals surface area contributed by atoms with E-state index in [4.69, 9.17) is 0 Å². The van der Waals surface area contributed by atoms with E-state index in [0.29, 0.717) is 0 Å². The molecular weight excluding hydrogens is 721 g/mol. The van der Waals surface area contributed by atoms with Gasteiger partial charge in [0.2, 0.25) is 0 Å². The Balaban J connectivity index is 1.05. The van der Waals surface area contributed by atoms with Crippen LogP contribution in [0.2, 0.25) is 0 Å². The van der Waals surface area contributed by atoms with Gasteiger partial charge in [-0.05, 0) is 146 Å². The lowest BCUT2D eigenvalue weighted by molar-refractivity contribution is 0.652. The first kappa shape index (κ1) is 35.0. The minimum Gasteiger partial charge on any atom is -0.0622 e. The van der Waals surface area contributed by atoms with Crippen LogP contribution in [0, 0.1) is 0 Å². The van der Waals surface area contributed by atoms with Crippen LogP contribution >= 0.6 is 0 Å². The molecule has 0 bridgehead atoms. The first-order valence-electron chi connectivity index (χ1n) is 21.3. The van der Waals surface area contributed by atoms with E-state index in [0.717, 1.165) is 0 Å². The zero-order valence-electron chi connectivity index (χ0n) is 34.5. The van der Waals surface area contributed by atoms with Crippen LogP contribution in [-0.4, -0.2) is 0 Å². The molecule has 10 aromatic carbocycles. The average Bonchev–Trinajstić information content (AvgIpc) is 3.66. The van der Waals surface area contributed by atoms with Crippen LogP contribution in [0.1, 0.15) is 49.9 Å². The predicted octanol–water partition coefficient (Wildman–Crippen LogP) is 16.4. The molecule has 0 amide bonds. The highest BCUT2D eigenvalue weighted by Gasteiger charge is 2.41. The topological polar surface area (TPSA) is 0 Å². The van der Waals surface area contributed by atoms with Crippen molar-refractivity contribution in [1.29, 1.82) is 0 Å². The second-order valence-corrected chi connectivity index (χ2v) is 18.0. The maximum atomic E-state index is 2.51. The van der Waals surface area contributed by atoms with E-state index in [-0.39, 0.29) is 10.8 Å². The number of rotatable bonds is 4. The summed E-state index contributed by atoms with van der Waals surface area (Å²) in [6.45, 7) is 9.59. The maximum Gasteiger partial charge on any atom is 0.0159 e. The third-order valence-electron chi connectivity index (χ3n) is 14.1. The Kier molecular flexibility index (Phi) is 7.42. The summed E-state index contributed by atoms with van der Waals surface area (Å²) < 4.78 is 0. The molecule has 12 rings (SSSR count). The second kappa shape index (κ2) is 12.7. The molecule has 0 unspecified atom stereocenters. The molecule has 2 aliphatic rings. The van der Waals surface area contributed by atoms with Gasteiger partial charge in [0.1, 0.15) is 0 Å². The average molecular weight is 765 g/mol. The van der Waals surface area contributed by atoms with Gasteiger partial charge in [-0.3, -0.25) is 0 Å². The molecule has 0 N–H and O–H groups in total. The van der Waals surface area contributed by atoms with Crippen molar-refractivity contribution < 1.29 is 0 Å². The van der Waals surface area contributed by atoms with Crippen molar-refractivity contribution >= 4 is 32.3 Å². The largest absolute Gasteiger partial charge is 0.0622 e. The van der Waals surface area contributed by atoms with Crippen molar-refractivity contribution in [1.82, 2.24) is 0 Å². The third kappa shape index (κ3) is 4.91. The molecule has 0 atom stereocenters. The van der Waals surface area contributed by atoms with Crippen LogP contribution in [-0.2, 0) is 10.8 Å². The van der Waals surface area contributed by atoms with Crippen LogP contribution in [0.25, 0.3) is 99.1 Å². The van der Waals surface area contributed by atoms with E-state index >= 15 is 0 Å². The van der Waals surface area contributed by atoms with Gasteiger partial charge in [0.05, 0.1) is 0 Å². The van der Waals surface area contributed by atoms with Crippen molar-refractivity contribution in [3.8, 4) is 66.8 Å². The molecule has 0 aromatic heterocycles. The Morgan fingerprint density at radius 3 is 1.57 bits per heavy atom. The monoisotopic (exact) mass is 764 g/mol. The van der Waals surface area contributed by atoms with Crippen molar-refractivity contribution in [3.05, 3.63) is 216 Å². The molecule has 60 heavy (non-hydrogen) atoms. The SMILES string of the molecule is CC1(C)c2ccccc2-c2cc3c(cc21)-c1ccc(-c2cccc(-c4c5ccccc5c(-c5ccccc5-c5ccccc5)c5c4ccc4ccccc45)c2)cc1C3(C)C. The molecule has 0 fully saturated rings. The lowest BCUT2D eigenvalue weighted by atomic mass is 9.79. The summed E-state index contributed by atoms with van der Waals surface area (Å²) >= 11 is 0. The molecule has 284 valence electrons. The first-order chi connectivity index (χ1) is 29.3. The fraction of sp³-hybridized carbons (Fsp3) is 0.100. The van der Waals surface area contributed by atoms with E-state index in [2.05, 4.69) is 222 Å². The number of benzene rings is 10. The van der Waals surface area contributed by atoms with Gasteiger partial charge >= 0.3 is 0 Å². The van der Waals surface area contributed by atoms with E-state index in [1.54, 1.807) is 0 Å². The highest BCUT2D eigenvalue weighted by Crippen LogP contribution is 2.57. The number of hydrogen-bond acceptors (Lipinski definition) is 0. The molecule has 0 aliphatic heterocycles. The number of hydrogen-bond donors (Lipinski definition) is 0. The zero-order valence-corrected chi connectivity index (χ0v) is 34.5. The molecule has 0 heteroatoms. The molecule has 2 aliphatic carbocycles. The number of fused-ring (bicyclic) bond motifs is 10. The molecule has 0 spiro atoms. The molecular formula is C60H44. The van der Waals surface area contributed by atoms with E-state index < -0.39 is 0 Å². The van der Waals surface area contributed by atoms with Gasteiger partial charge in [-0.25, -0.2) is 0 Å². The molecule has 0 radical (unpaired) electrons. The van der Waals surface area contributed by atoms with Crippen molar-refractivity contribution in [2.24, 2.45) is 0 Å². The van der Waals surface area contributed by atoms with Crippen molar-refractivity contribution in [2.75, 3.05) is 0 Å². The fourth-order valence-electron chi connectivity index (χ4n) is 11.1. The highest BCUT2D eigenvalue weighted by atomic mass is 14.4. The minimum absolute atomic E-state index is 0.0294. The van der Waals surface area contributed by atoms with Gasteiger partial charge in [0.15, 0.2) is 0 Å². The van der Waals surface area contributed by atoms with Gasteiger partial charge < -0.3 is 0 Å². The van der Waals surface area contributed by atoms with Crippen molar-refractivity contribution in [2.45, 2.75) is 38.5 Å². The third-order valence-corrected chi connectivity index (χ3v) is 14.1. The first-order valence-corrected chi connectivity index (χ1v) is 21.3. The van der Waals surface area contributed by atoms with Crippen LogP contribution in [0.3, 0.4) is 0 Å². The lowest BCUT2D eigenvalue weighted by Gasteiger charge is -2.24. The maximum absolute atomic E-state index is 2.51. The Morgan fingerprint density at radius 1 is 0.267 bits per heavy atom. The van der Waals surface area contributed by atoms with Crippen LogP contribution in [0.15, 0.2) is 194 Å². The zero-order chi connectivity index (χ0) is 40.3. The minimum atomic E-state index is -0.131. The summed E-state index contributed by atoms with van der Waals surface area (Å²) in [6, 6.07) is 72.9. The summed E-state index contributed by atoms with van der Waals surface area (Å²) in [7, 11) is 0. The van der Waals surface area contributed by atoms with Crippen LogP contribution < -0.4 is 0 Å². The Labute approximate surface area is 352 Å². The van der Waals surface area contributed by atoms with Gasteiger partial charge in [0.25, 0.3) is 0 Å². The van der Waals surface area contributed by atoms with E-state index in [1.807, 2.05) is 0 Å². The van der Waals surface area contributed by atoms with Gasteiger partial charge in [-0.2, -0.15) is 0 Å². The smallest absolute Gasteiger partial charge is 0.0159 e. The molecule has 0 nitrogen and oxygen atoms in total.